The summed E-state index contributed by atoms with van der Waals surface area (Å²) >= 11 is 1.73. The van der Waals surface area contributed by atoms with Crippen LogP contribution in [0.25, 0.3) is 0 Å². The van der Waals surface area contributed by atoms with Crippen LogP contribution in [0.4, 0.5) is 0 Å². The van der Waals surface area contributed by atoms with Gasteiger partial charge in [0.25, 0.3) is 0 Å². The summed E-state index contributed by atoms with van der Waals surface area (Å²) in [4.78, 5) is 42.7. The van der Waals surface area contributed by atoms with Crippen molar-refractivity contribution in [1.82, 2.24) is 15.1 Å². The highest BCUT2D eigenvalue weighted by molar-refractivity contribution is 8.00. The van der Waals surface area contributed by atoms with Crippen molar-refractivity contribution in [3.8, 4) is 0 Å². The second-order valence-electron chi connectivity index (χ2n) is 10.6. The van der Waals surface area contributed by atoms with Gasteiger partial charge in [-0.1, -0.05) is 40.7 Å². The molecule has 1 N–H and O–H groups in total. The molecule has 3 atom stereocenters. The number of rotatable bonds is 8. The van der Waals surface area contributed by atoms with Gasteiger partial charge in [0, 0.05) is 23.2 Å². The maximum atomic E-state index is 13.7. The van der Waals surface area contributed by atoms with Gasteiger partial charge in [-0.25, -0.2) is 4.79 Å². The van der Waals surface area contributed by atoms with Crippen molar-refractivity contribution in [1.29, 1.82) is 0 Å². The summed E-state index contributed by atoms with van der Waals surface area (Å²) in [6.45, 7) is 17.7. The predicted octanol–water partition coefficient (Wildman–Crippen LogP) is 3.29. The van der Waals surface area contributed by atoms with E-state index < -0.39 is 11.5 Å². The van der Waals surface area contributed by atoms with Gasteiger partial charge in [-0.05, 0) is 46.1 Å². The number of nitrogens with zero attached hydrogens (tertiary/aromatic N) is 2. The summed E-state index contributed by atoms with van der Waals surface area (Å²) in [5.41, 5.74) is -0.0235. The van der Waals surface area contributed by atoms with Crippen molar-refractivity contribution in [2.45, 2.75) is 85.2 Å². The number of hydrogen-bond donors (Lipinski definition) is 1. The first-order valence-electron chi connectivity index (χ1n) is 11.3. The average Bonchev–Trinajstić information content (AvgIpc) is 2.94. The Hall–Kier alpha value is -1.54. The van der Waals surface area contributed by atoms with Crippen molar-refractivity contribution in [2.24, 2.45) is 11.3 Å². The molecule has 0 spiro atoms. The molecule has 1 saturated heterocycles. The van der Waals surface area contributed by atoms with Crippen LogP contribution < -0.4 is 5.32 Å². The zero-order chi connectivity index (χ0) is 25.0. The van der Waals surface area contributed by atoms with E-state index in [9.17, 15) is 14.4 Å². The second-order valence-corrected chi connectivity index (χ2v) is 12.2. The van der Waals surface area contributed by atoms with Crippen LogP contribution in [0.1, 0.15) is 62.3 Å². The van der Waals surface area contributed by atoms with Crippen LogP contribution in [0.5, 0.6) is 0 Å². The first kappa shape index (κ1) is 28.5. The van der Waals surface area contributed by atoms with Gasteiger partial charge in [0.1, 0.15) is 12.1 Å². The first-order chi connectivity index (χ1) is 14.5. The lowest BCUT2D eigenvalue weighted by Gasteiger charge is -2.39. The van der Waals surface area contributed by atoms with Crippen molar-refractivity contribution < 1.29 is 19.1 Å². The molecule has 0 aliphatic carbocycles. The van der Waals surface area contributed by atoms with Gasteiger partial charge in [0.15, 0.2) is 0 Å². The molecular formula is C24H43N3O4S. The van der Waals surface area contributed by atoms with Crippen molar-refractivity contribution >= 4 is 29.5 Å². The summed E-state index contributed by atoms with van der Waals surface area (Å²) < 4.78 is 4.85. The number of carbonyl (C=O) groups excluding carboxylic acids is 3. The van der Waals surface area contributed by atoms with E-state index in [2.05, 4.69) is 19.2 Å². The highest BCUT2D eigenvalue weighted by atomic mass is 32.2. The van der Waals surface area contributed by atoms with Gasteiger partial charge < -0.3 is 15.0 Å². The summed E-state index contributed by atoms with van der Waals surface area (Å²) in [6, 6.07) is -1.33. The normalized spacial score (nSPS) is 21.2. The van der Waals surface area contributed by atoms with Gasteiger partial charge in [-0.2, -0.15) is 0 Å². The largest absolute Gasteiger partial charge is 0.463 e. The quantitative estimate of drug-likeness (QED) is 0.434. The third-order valence-corrected chi connectivity index (χ3v) is 7.39. The second kappa shape index (κ2) is 11.1. The van der Waals surface area contributed by atoms with E-state index in [4.69, 9.17) is 4.74 Å². The zero-order valence-corrected chi connectivity index (χ0v) is 22.6. The Morgan fingerprint density at radius 2 is 1.84 bits per heavy atom. The first-order valence-corrected chi connectivity index (χ1v) is 12.3. The molecule has 0 bridgehead atoms. The third-order valence-electron chi connectivity index (χ3n) is 5.88. The zero-order valence-electron chi connectivity index (χ0n) is 21.7. The molecule has 7 nitrogen and oxygen atoms in total. The molecule has 0 aromatic rings. The third kappa shape index (κ3) is 6.98. The summed E-state index contributed by atoms with van der Waals surface area (Å²) in [5, 5.41) is 3.06. The minimum absolute atomic E-state index is 0.0703. The Balaban J connectivity index is 3.18. The monoisotopic (exact) mass is 469 g/mol. The van der Waals surface area contributed by atoms with Crippen LogP contribution in [0.3, 0.4) is 0 Å². The number of carbonyl (C=O) groups is 3. The molecule has 0 aromatic heterocycles. The fourth-order valence-electron chi connectivity index (χ4n) is 4.01. The van der Waals surface area contributed by atoms with Crippen LogP contribution >= 0.6 is 11.8 Å². The van der Waals surface area contributed by atoms with Crippen LogP contribution in [0, 0.1) is 11.3 Å². The molecule has 1 fully saturated rings. The molecule has 8 heteroatoms. The molecule has 2 amide bonds. The lowest BCUT2D eigenvalue weighted by Crippen LogP contribution is -2.60. The van der Waals surface area contributed by atoms with E-state index in [0.717, 1.165) is 5.88 Å². The molecule has 1 rings (SSSR count). The van der Waals surface area contributed by atoms with Crippen LogP contribution in [-0.4, -0.2) is 77.0 Å². The molecule has 0 unspecified atom stereocenters. The van der Waals surface area contributed by atoms with E-state index >= 15 is 0 Å². The van der Waals surface area contributed by atoms with Crippen LogP contribution in [-0.2, 0) is 19.1 Å². The molecule has 0 saturated carbocycles. The highest BCUT2D eigenvalue weighted by Crippen LogP contribution is 2.38. The van der Waals surface area contributed by atoms with Gasteiger partial charge in [-0.3, -0.25) is 14.5 Å². The Morgan fingerprint density at radius 1 is 1.28 bits per heavy atom. The predicted molar refractivity (Wildman–Crippen MR) is 131 cm³/mol. The number of amides is 2. The number of likely N-dealkylation sites (N-methyl/N-ethyl adjacent to an activating group) is 2. The highest BCUT2D eigenvalue weighted by Gasteiger charge is 2.46. The van der Waals surface area contributed by atoms with E-state index in [1.165, 1.54) is 0 Å². The van der Waals surface area contributed by atoms with E-state index in [0.29, 0.717) is 12.2 Å². The number of hydrogen-bond acceptors (Lipinski definition) is 6. The van der Waals surface area contributed by atoms with Gasteiger partial charge >= 0.3 is 5.97 Å². The maximum Gasteiger partial charge on any atom is 0.333 e. The number of ether oxygens (including phenoxy) is 1. The lowest BCUT2D eigenvalue weighted by atomic mass is 9.84. The molecule has 1 aliphatic heterocycles. The van der Waals surface area contributed by atoms with Crippen molar-refractivity contribution in [2.75, 3.05) is 26.6 Å². The molecular weight excluding hydrogens is 426 g/mol. The lowest BCUT2D eigenvalue weighted by molar-refractivity contribution is -0.141. The number of esters is 1. The molecule has 1 heterocycles. The minimum atomic E-state index is -0.702. The smallest absolute Gasteiger partial charge is 0.333 e. The molecule has 0 aromatic carbocycles. The number of nitrogens with one attached hydrogen (secondary N) is 1. The van der Waals surface area contributed by atoms with Gasteiger partial charge in [0.05, 0.1) is 12.6 Å². The Labute approximate surface area is 198 Å². The Morgan fingerprint density at radius 3 is 2.25 bits per heavy atom. The SMILES string of the molecule is CCOC(=O)C(C)=C[C@H](C(C)C)N(C)C(=O)[C@@H](NC(=O)[C@H]1N(C)CSC1(C)C)C(C)(C)C. The minimum Gasteiger partial charge on any atom is -0.463 e. The maximum absolute atomic E-state index is 13.7. The average molecular weight is 470 g/mol. The van der Waals surface area contributed by atoms with Gasteiger partial charge in [-0.15, -0.1) is 11.8 Å². The fourth-order valence-corrected chi connectivity index (χ4v) is 5.14. The Bertz CT molecular complexity index is 727. The summed E-state index contributed by atoms with van der Waals surface area (Å²) in [7, 11) is 3.66. The summed E-state index contributed by atoms with van der Waals surface area (Å²) in [5.74, 6) is 0.142. The molecule has 184 valence electrons. The molecule has 32 heavy (non-hydrogen) atoms. The molecule has 1 aliphatic rings. The number of thioether (sulfide) groups is 1. The van der Waals surface area contributed by atoms with Crippen molar-refractivity contribution in [3.05, 3.63) is 11.6 Å². The van der Waals surface area contributed by atoms with E-state index in [-0.39, 0.29) is 40.5 Å². The van der Waals surface area contributed by atoms with Crippen molar-refractivity contribution in [3.63, 3.8) is 0 Å². The van der Waals surface area contributed by atoms with E-state index in [1.807, 2.05) is 46.6 Å². The Kier molecular flexibility index (Phi) is 9.84. The summed E-state index contributed by atoms with van der Waals surface area (Å²) in [6.07, 6.45) is 1.78. The molecule has 0 radical (unpaired) electrons. The van der Waals surface area contributed by atoms with E-state index in [1.54, 1.807) is 43.6 Å². The van der Waals surface area contributed by atoms with Gasteiger partial charge in [0.2, 0.25) is 11.8 Å². The van der Waals surface area contributed by atoms with Crippen LogP contribution in [0.2, 0.25) is 0 Å². The van der Waals surface area contributed by atoms with Crippen LogP contribution in [0.15, 0.2) is 11.6 Å². The fraction of sp³-hybridized carbons (Fsp3) is 0.792. The standard InChI is InChI=1S/C24H43N3O4S/c1-12-31-22(30)16(4)13-17(15(2)3)27(11)21(29)18(23(5,6)7)25-20(28)19-24(8,9)32-14-26(19)10/h13,15,17-19H,12,14H2,1-11H3,(H,25,28)/t17-,18-,19-/m1/s1. The topological polar surface area (TPSA) is 79.0 Å².